The van der Waals surface area contributed by atoms with Crippen LogP contribution in [0.3, 0.4) is 0 Å². The number of thiophene rings is 1. The van der Waals surface area contributed by atoms with Gasteiger partial charge in [0.1, 0.15) is 5.75 Å². The van der Waals surface area contributed by atoms with E-state index in [9.17, 15) is 14.7 Å². The molecule has 0 radical (unpaired) electrons. The quantitative estimate of drug-likeness (QED) is 0.838. The van der Waals surface area contributed by atoms with Crippen LogP contribution in [0.5, 0.6) is 5.75 Å². The van der Waals surface area contributed by atoms with Gasteiger partial charge in [0.15, 0.2) is 6.04 Å². The highest BCUT2D eigenvalue weighted by Crippen LogP contribution is 2.29. The minimum atomic E-state index is -1.11. The lowest BCUT2D eigenvalue weighted by atomic mass is 10.0. The molecular weight excluding hydrogens is 330 g/mol. The van der Waals surface area contributed by atoms with Gasteiger partial charge in [-0.3, -0.25) is 4.79 Å². The number of aliphatic carboxylic acids is 1. The molecule has 1 aliphatic heterocycles. The summed E-state index contributed by atoms with van der Waals surface area (Å²) in [5.74, 6) is -0.747. The Kier molecular flexibility index (Phi) is 4.82. The van der Waals surface area contributed by atoms with Gasteiger partial charge in [0, 0.05) is 19.1 Å². The Hall–Kier alpha value is -2.38. The summed E-state index contributed by atoms with van der Waals surface area (Å²) >= 11 is 1.26. The standard InChI is InChI=1S/C17H17NO5S/c1-22-9-12-5-7-24-15(12)16(19)18-14(17(20)21)11-2-3-13-10(8-11)4-6-23-13/h2-3,5,7-8,14H,4,6,9H2,1H3,(H,18,19)(H,20,21). The number of ether oxygens (including phenoxy) is 2. The number of carboxylic acids is 1. The number of hydrogen-bond acceptors (Lipinski definition) is 5. The Morgan fingerprint density at radius 1 is 1.42 bits per heavy atom. The maximum atomic E-state index is 12.5. The monoisotopic (exact) mass is 347 g/mol. The van der Waals surface area contributed by atoms with E-state index >= 15 is 0 Å². The molecule has 3 rings (SSSR count). The zero-order valence-corrected chi connectivity index (χ0v) is 13.9. The smallest absolute Gasteiger partial charge is 0.330 e. The highest BCUT2D eigenvalue weighted by atomic mass is 32.1. The van der Waals surface area contributed by atoms with Crippen molar-refractivity contribution in [1.29, 1.82) is 0 Å². The maximum absolute atomic E-state index is 12.5. The third-order valence-corrected chi connectivity index (χ3v) is 4.78. The largest absolute Gasteiger partial charge is 0.493 e. The molecule has 6 nitrogen and oxygen atoms in total. The number of methoxy groups -OCH3 is 1. The van der Waals surface area contributed by atoms with Gasteiger partial charge >= 0.3 is 5.97 Å². The van der Waals surface area contributed by atoms with Gasteiger partial charge in [-0.2, -0.15) is 0 Å². The van der Waals surface area contributed by atoms with E-state index in [0.29, 0.717) is 23.7 Å². The Morgan fingerprint density at radius 3 is 3.00 bits per heavy atom. The lowest BCUT2D eigenvalue weighted by molar-refractivity contribution is -0.139. The van der Waals surface area contributed by atoms with Gasteiger partial charge in [0.25, 0.3) is 5.91 Å². The summed E-state index contributed by atoms with van der Waals surface area (Å²) in [6.45, 7) is 0.901. The average molecular weight is 347 g/mol. The zero-order valence-electron chi connectivity index (χ0n) is 13.1. The third kappa shape index (κ3) is 3.27. The molecule has 1 amide bonds. The molecular formula is C17H17NO5S. The Balaban J connectivity index is 1.83. The molecule has 0 saturated heterocycles. The molecule has 0 fully saturated rings. The molecule has 2 N–H and O–H groups in total. The first-order valence-electron chi connectivity index (χ1n) is 7.44. The number of carboxylic acid groups (broad SMARTS) is 1. The molecule has 1 atom stereocenters. The third-order valence-electron chi connectivity index (χ3n) is 3.82. The number of carbonyl (C=O) groups excluding carboxylic acids is 1. The molecule has 0 aliphatic carbocycles. The number of carbonyl (C=O) groups is 2. The SMILES string of the molecule is COCc1ccsc1C(=O)NC(C(=O)O)c1ccc2c(c1)CCO2. The summed E-state index contributed by atoms with van der Waals surface area (Å²) in [5.41, 5.74) is 2.24. The molecule has 2 heterocycles. The molecule has 0 saturated carbocycles. The normalized spacial score (nSPS) is 13.9. The molecule has 7 heteroatoms. The van der Waals surface area contributed by atoms with Crippen LogP contribution in [-0.4, -0.2) is 30.7 Å². The van der Waals surface area contributed by atoms with Gasteiger partial charge in [-0.1, -0.05) is 6.07 Å². The molecule has 0 bridgehead atoms. The zero-order chi connectivity index (χ0) is 17.1. The van der Waals surface area contributed by atoms with Crippen LogP contribution in [0.25, 0.3) is 0 Å². The van der Waals surface area contributed by atoms with Gasteiger partial charge in [-0.15, -0.1) is 11.3 Å². The summed E-state index contributed by atoms with van der Waals surface area (Å²) in [7, 11) is 1.55. The minimum Gasteiger partial charge on any atom is -0.493 e. The fourth-order valence-corrected chi connectivity index (χ4v) is 3.49. The number of fused-ring (bicyclic) bond motifs is 1. The van der Waals surface area contributed by atoms with Crippen molar-refractivity contribution in [1.82, 2.24) is 5.32 Å². The number of hydrogen-bond donors (Lipinski definition) is 2. The molecule has 1 aromatic carbocycles. The van der Waals surface area contributed by atoms with Crippen molar-refractivity contribution in [3.8, 4) is 5.75 Å². The second-order valence-electron chi connectivity index (χ2n) is 5.42. The summed E-state index contributed by atoms with van der Waals surface area (Å²) in [4.78, 5) is 24.6. The van der Waals surface area contributed by atoms with Crippen LogP contribution in [0.1, 0.15) is 32.4 Å². The Bertz CT molecular complexity index is 770. The molecule has 1 unspecified atom stereocenters. The fourth-order valence-electron chi connectivity index (χ4n) is 2.67. The van der Waals surface area contributed by atoms with Gasteiger partial charge in [0.05, 0.1) is 18.1 Å². The van der Waals surface area contributed by atoms with E-state index in [4.69, 9.17) is 9.47 Å². The van der Waals surface area contributed by atoms with E-state index in [-0.39, 0.29) is 0 Å². The Morgan fingerprint density at radius 2 is 2.25 bits per heavy atom. The van der Waals surface area contributed by atoms with Crippen LogP contribution < -0.4 is 10.1 Å². The van der Waals surface area contributed by atoms with Crippen LogP contribution in [0.15, 0.2) is 29.6 Å². The van der Waals surface area contributed by atoms with Crippen molar-refractivity contribution in [2.75, 3.05) is 13.7 Å². The van der Waals surface area contributed by atoms with Crippen molar-refractivity contribution in [3.05, 3.63) is 51.2 Å². The second-order valence-corrected chi connectivity index (χ2v) is 6.33. The lowest BCUT2D eigenvalue weighted by Gasteiger charge is -2.16. The summed E-state index contributed by atoms with van der Waals surface area (Å²) in [5, 5.41) is 13.9. The maximum Gasteiger partial charge on any atom is 0.330 e. The summed E-state index contributed by atoms with van der Waals surface area (Å²) < 4.78 is 10.5. The molecule has 1 aliphatic rings. The molecule has 126 valence electrons. The van der Waals surface area contributed by atoms with Crippen LogP contribution in [0.2, 0.25) is 0 Å². The number of amides is 1. The van der Waals surface area contributed by atoms with Crippen LogP contribution >= 0.6 is 11.3 Å². The lowest BCUT2D eigenvalue weighted by Crippen LogP contribution is -2.33. The van der Waals surface area contributed by atoms with E-state index in [0.717, 1.165) is 23.3 Å². The van der Waals surface area contributed by atoms with E-state index in [1.165, 1.54) is 11.3 Å². The fraction of sp³-hybridized carbons (Fsp3) is 0.294. The number of rotatable bonds is 6. The van der Waals surface area contributed by atoms with Gasteiger partial charge in [-0.05, 0) is 34.7 Å². The van der Waals surface area contributed by atoms with Crippen molar-refractivity contribution in [2.45, 2.75) is 19.1 Å². The van der Waals surface area contributed by atoms with Crippen molar-refractivity contribution < 1.29 is 24.2 Å². The average Bonchev–Trinajstić information content (AvgIpc) is 3.20. The summed E-state index contributed by atoms with van der Waals surface area (Å²) in [6.07, 6.45) is 0.742. The molecule has 24 heavy (non-hydrogen) atoms. The number of benzene rings is 1. The van der Waals surface area contributed by atoms with Crippen molar-refractivity contribution in [2.24, 2.45) is 0 Å². The van der Waals surface area contributed by atoms with Gasteiger partial charge < -0.3 is 19.9 Å². The first kappa shape index (κ1) is 16.5. The van der Waals surface area contributed by atoms with E-state index < -0.39 is 17.9 Å². The minimum absolute atomic E-state index is 0.306. The first-order chi connectivity index (χ1) is 11.6. The summed E-state index contributed by atoms with van der Waals surface area (Å²) in [6, 6.07) is 5.90. The van der Waals surface area contributed by atoms with Crippen molar-refractivity contribution >= 4 is 23.2 Å². The number of nitrogens with one attached hydrogen (secondary N) is 1. The predicted octanol–water partition coefficient (Wildman–Crippen LogP) is 2.39. The molecule has 1 aromatic heterocycles. The second kappa shape index (κ2) is 7.02. The highest BCUT2D eigenvalue weighted by molar-refractivity contribution is 7.12. The molecule has 0 spiro atoms. The Labute approximate surface area is 143 Å². The van der Waals surface area contributed by atoms with Gasteiger partial charge in [-0.25, -0.2) is 4.79 Å². The van der Waals surface area contributed by atoms with Crippen LogP contribution in [0, 0.1) is 0 Å². The highest BCUT2D eigenvalue weighted by Gasteiger charge is 2.26. The predicted molar refractivity (Wildman–Crippen MR) is 88.5 cm³/mol. The van der Waals surface area contributed by atoms with E-state index in [1.807, 2.05) is 0 Å². The topological polar surface area (TPSA) is 84.9 Å². The van der Waals surface area contributed by atoms with E-state index in [1.54, 1.807) is 36.8 Å². The van der Waals surface area contributed by atoms with Crippen LogP contribution in [-0.2, 0) is 22.6 Å². The molecule has 2 aromatic rings. The van der Waals surface area contributed by atoms with E-state index in [2.05, 4.69) is 5.32 Å². The van der Waals surface area contributed by atoms with Crippen molar-refractivity contribution in [3.63, 3.8) is 0 Å². The first-order valence-corrected chi connectivity index (χ1v) is 8.32. The van der Waals surface area contributed by atoms with Crippen LogP contribution in [0.4, 0.5) is 0 Å². The van der Waals surface area contributed by atoms with Gasteiger partial charge in [0.2, 0.25) is 0 Å².